The van der Waals surface area contributed by atoms with E-state index in [0.717, 1.165) is 18.4 Å². The third kappa shape index (κ3) is 5.23. The molecule has 3 aromatic carbocycles. The molecular formula is C25H25Br2NO. The van der Waals surface area contributed by atoms with Crippen LogP contribution in [0.4, 0.5) is 5.69 Å². The van der Waals surface area contributed by atoms with Crippen LogP contribution in [0, 0.1) is 4.91 Å². The first-order chi connectivity index (χ1) is 14.1. The van der Waals surface area contributed by atoms with Gasteiger partial charge in [-0.3, -0.25) is 0 Å². The van der Waals surface area contributed by atoms with Gasteiger partial charge in [0.1, 0.15) is 5.69 Å². The Bertz CT molecular complexity index is 973. The largest absolute Gasteiger partial charge is 0.145 e. The molecule has 3 rings (SSSR count). The van der Waals surface area contributed by atoms with Crippen molar-refractivity contribution in [1.82, 2.24) is 0 Å². The summed E-state index contributed by atoms with van der Waals surface area (Å²) < 4.78 is 1.39. The summed E-state index contributed by atoms with van der Waals surface area (Å²) in [5.41, 5.74) is 7.79. The molecule has 0 saturated carbocycles. The SMILES string of the molecule is CCCCCc1ccc(-c2ccc(-c3cc(Br)c(N=O)c(Br)c3)c(CC)c2)cc1. The molecule has 0 spiro atoms. The van der Waals surface area contributed by atoms with Crippen molar-refractivity contribution < 1.29 is 0 Å². The zero-order valence-electron chi connectivity index (χ0n) is 16.8. The van der Waals surface area contributed by atoms with Crippen LogP contribution in [0.15, 0.2) is 68.7 Å². The number of aryl methyl sites for hydroxylation is 2. The third-order valence-corrected chi connectivity index (χ3v) is 6.47. The lowest BCUT2D eigenvalue weighted by Crippen LogP contribution is -1.91. The first-order valence-corrected chi connectivity index (χ1v) is 11.7. The van der Waals surface area contributed by atoms with Gasteiger partial charge >= 0.3 is 0 Å². The molecule has 0 amide bonds. The maximum absolute atomic E-state index is 11.0. The molecule has 0 aliphatic heterocycles. The average molecular weight is 515 g/mol. The van der Waals surface area contributed by atoms with Gasteiger partial charge in [-0.25, -0.2) is 0 Å². The number of hydrogen-bond donors (Lipinski definition) is 0. The van der Waals surface area contributed by atoms with Gasteiger partial charge in [0.05, 0.1) is 0 Å². The lowest BCUT2D eigenvalue weighted by atomic mass is 9.93. The average Bonchev–Trinajstić information content (AvgIpc) is 2.73. The van der Waals surface area contributed by atoms with E-state index in [1.165, 1.54) is 47.1 Å². The van der Waals surface area contributed by atoms with E-state index in [1.807, 2.05) is 12.1 Å². The molecule has 0 unspecified atom stereocenters. The molecule has 0 aliphatic carbocycles. The van der Waals surface area contributed by atoms with Crippen molar-refractivity contribution in [3.63, 3.8) is 0 Å². The summed E-state index contributed by atoms with van der Waals surface area (Å²) in [4.78, 5) is 11.0. The lowest BCUT2D eigenvalue weighted by molar-refractivity contribution is 0.717. The Morgan fingerprint density at radius 1 is 0.793 bits per heavy atom. The van der Waals surface area contributed by atoms with E-state index in [2.05, 4.69) is 93.3 Å². The van der Waals surface area contributed by atoms with Crippen LogP contribution >= 0.6 is 31.9 Å². The smallest absolute Gasteiger partial charge is 0.136 e. The van der Waals surface area contributed by atoms with Crippen molar-refractivity contribution in [3.8, 4) is 22.3 Å². The fourth-order valence-electron chi connectivity index (χ4n) is 3.60. The van der Waals surface area contributed by atoms with Gasteiger partial charge in [0, 0.05) is 8.95 Å². The molecule has 150 valence electrons. The second-order valence-corrected chi connectivity index (χ2v) is 8.97. The van der Waals surface area contributed by atoms with Crippen LogP contribution < -0.4 is 0 Å². The molecule has 0 aliphatic rings. The summed E-state index contributed by atoms with van der Waals surface area (Å²) >= 11 is 6.92. The predicted octanol–water partition coefficient (Wildman–Crippen LogP) is 9.24. The Balaban J connectivity index is 1.90. The summed E-state index contributed by atoms with van der Waals surface area (Å²) in [5, 5.41) is 3.09. The molecular weight excluding hydrogens is 490 g/mol. The van der Waals surface area contributed by atoms with Crippen LogP contribution in [0.2, 0.25) is 0 Å². The Morgan fingerprint density at radius 3 is 2.03 bits per heavy atom. The summed E-state index contributed by atoms with van der Waals surface area (Å²) in [6.07, 6.45) is 5.89. The summed E-state index contributed by atoms with van der Waals surface area (Å²) in [7, 11) is 0. The molecule has 0 heterocycles. The van der Waals surface area contributed by atoms with Gasteiger partial charge in [0.25, 0.3) is 0 Å². The van der Waals surface area contributed by atoms with Crippen molar-refractivity contribution in [3.05, 3.63) is 79.6 Å². The number of halogens is 2. The topological polar surface area (TPSA) is 29.4 Å². The fraction of sp³-hybridized carbons (Fsp3) is 0.280. The van der Waals surface area contributed by atoms with Crippen molar-refractivity contribution in [2.24, 2.45) is 5.18 Å². The quantitative estimate of drug-likeness (QED) is 0.217. The molecule has 4 heteroatoms. The molecule has 0 N–H and O–H groups in total. The summed E-state index contributed by atoms with van der Waals surface area (Å²) in [6.45, 7) is 4.41. The van der Waals surface area contributed by atoms with Crippen molar-refractivity contribution >= 4 is 37.5 Å². The second-order valence-electron chi connectivity index (χ2n) is 7.26. The van der Waals surface area contributed by atoms with Gasteiger partial charge < -0.3 is 0 Å². The number of hydrogen-bond acceptors (Lipinski definition) is 2. The minimum atomic E-state index is 0.391. The minimum absolute atomic E-state index is 0.391. The van der Waals surface area contributed by atoms with E-state index in [1.54, 1.807) is 0 Å². The second kappa shape index (κ2) is 10.3. The maximum atomic E-state index is 11.0. The molecule has 3 aromatic rings. The highest BCUT2D eigenvalue weighted by Crippen LogP contribution is 2.39. The highest BCUT2D eigenvalue weighted by molar-refractivity contribution is 9.11. The highest BCUT2D eigenvalue weighted by atomic mass is 79.9. The Kier molecular flexibility index (Phi) is 7.79. The normalized spacial score (nSPS) is 10.9. The molecule has 0 atom stereocenters. The van der Waals surface area contributed by atoms with E-state index >= 15 is 0 Å². The summed E-state index contributed by atoms with van der Waals surface area (Å²) in [6, 6.07) is 19.5. The zero-order valence-corrected chi connectivity index (χ0v) is 20.0. The molecule has 2 nitrogen and oxygen atoms in total. The maximum Gasteiger partial charge on any atom is 0.136 e. The molecule has 0 fully saturated rings. The van der Waals surface area contributed by atoms with E-state index in [-0.39, 0.29) is 0 Å². The predicted molar refractivity (Wildman–Crippen MR) is 131 cm³/mol. The Hall–Kier alpha value is -1.78. The summed E-state index contributed by atoms with van der Waals surface area (Å²) in [5.74, 6) is 0. The first kappa shape index (κ1) is 21.9. The van der Waals surface area contributed by atoms with Crippen molar-refractivity contribution in [2.45, 2.75) is 46.0 Å². The molecule has 0 aromatic heterocycles. The van der Waals surface area contributed by atoms with Crippen LogP contribution in [0.5, 0.6) is 0 Å². The standard InChI is InChI=1S/C25H25Br2NO/c1-3-5-6-7-17-8-10-19(11-9-17)20-12-13-22(18(4-2)14-20)21-15-23(26)25(28-29)24(27)16-21/h8-16H,3-7H2,1-2H3. The zero-order chi connectivity index (χ0) is 20.8. The number of nitroso groups, excluding NO2 is 1. The van der Waals surface area contributed by atoms with Gasteiger partial charge in [0.2, 0.25) is 0 Å². The van der Waals surface area contributed by atoms with Crippen LogP contribution in [0.1, 0.15) is 44.2 Å². The first-order valence-electron chi connectivity index (χ1n) is 10.1. The van der Waals surface area contributed by atoms with Crippen molar-refractivity contribution in [1.29, 1.82) is 0 Å². The molecule has 29 heavy (non-hydrogen) atoms. The number of nitrogens with zero attached hydrogens (tertiary/aromatic N) is 1. The van der Waals surface area contributed by atoms with Crippen molar-refractivity contribution in [2.75, 3.05) is 0 Å². The van der Waals surface area contributed by atoms with E-state index in [0.29, 0.717) is 14.6 Å². The Morgan fingerprint density at radius 2 is 1.45 bits per heavy atom. The number of unbranched alkanes of at least 4 members (excludes halogenated alkanes) is 2. The van der Waals surface area contributed by atoms with E-state index < -0.39 is 0 Å². The van der Waals surface area contributed by atoms with E-state index in [4.69, 9.17) is 0 Å². The fourth-order valence-corrected chi connectivity index (χ4v) is 4.93. The van der Waals surface area contributed by atoms with Crippen LogP contribution in [-0.2, 0) is 12.8 Å². The monoisotopic (exact) mass is 513 g/mol. The molecule has 0 radical (unpaired) electrons. The van der Waals surface area contributed by atoms with Gasteiger partial charge in [-0.05, 0) is 102 Å². The lowest BCUT2D eigenvalue weighted by Gasteiger charge is -2.13. The number of rotatable bonds is 8. The molecule has 0 bridgehead atoms. The third-order valence-electron chi connectivity index (χ3n) is 5.26. The minimum Gasteiger partial charge on any atom is -0.145 e. The van der Waals surface area contributed by atoms with Gasteiger partial charge in [-0.2, -0.15) is 0 Å². The van der Waals surface area contributed by atoms with E-state index in [9.17, 15) is 4.91 Å². The number of benzene rings is 3. The van der Waals surface area contributed by atoms with Gasteiger partial charge in [-0.1, -0.05) is 69.2 Å². The van der Waals surface area contributed by atoms with Crippen LogP contribution in [-0.4, -0.2) is 0 Å². The van der Waals surface area contributed by atoms with Crippen LogP contribution in [0.25, 0.3) is 22.3 Å². The Labute approximate surface area is 190 Å². The molecule has 0 saturated heterocycles. The van der Waals surface area contributed by atoms with Gasteiger partial charge in [0.15, 0.2) is 0 Å². The van der Waals surface area contributed by atoms with Gasteiger partial charge in [-0.15, -0.1) is 4.91 Å². The highest BCUT2D eigenvalue weighted by Gasteiger charge is 2.12. The van der Waals surface area contributed by atoms with Crippen LogP contribution in [0.3, 0.4) is 0 Å².